The molecule has 8 rings (SSSR count). The molecular formula is C42H35N5O3S. The fourth-order valence-electron chi connectivity index (χ4n) is 5.97. The summed E-state index contributed by atoms with van der Waals surface area (Å²) in [5.41, 5.74) is 10.5. The van der Waals surface area contributed by atoms with E-state index in [0.717, 1.165) is 55.7 Å². The predicted molar refractivity (Wildman–Crippen MR) is 204 cm³/mol. The van der Waals surface area contributed by atoms with E-state index < -0.39 is 9.84 Å². The second kappa shape index (κ2) is 13.9. The minimum Gasteiger partial charge on any atom is -0.345 e. The van der Waals surface area contributed by atoms with Crippen molar-refractivity contribution >= 4 is 37.8 Å². The van der Waals surface area contributed by atoms with Gasteiger partial charge in [0.1, 0.15) is 12.7 Å². The summed E-state index contributed by atoms with van der Waals surface area (Å²) in [6, 6.07) is 47.1. The van der Waals surface area contributed by atoms with Gasteiger partial charge in [0.15, 0.2) is 9.84 Å². The van der Waals surface area contributed by atoms with Crippen molar-refractivity contribution in [2.24, 2.45) is 0 Å². The van der Waals surface area contributed by atoms with Gasteiger partial charge in [-0.25, -0.2) is 18.4 Å². The van der Waals surface area contributed by atoms with E-state index in [9.17, 15) is 13.2 Å². The second-order valence-electron chi connectivity index (χ2n) is 12.4. The van der Waals surface area contributed by atoms with Gasteiger partial charge in [0.2, 0.25) is 0 Å². The number of aromatic nitrogens is 4. The summed E-state index contributed by atoms with van der Waals surface area (Å²) in [5.74, 6) is 0.00119. The fourth-order valence-corrected chi connectivity index (χ4v) is 6.64. The number of para-hydroxylation sites is 2. The zero-order valence-electron chi connectivity index (χ0n) is 28.4. The summed E-state index contributed by atoms with van der Waals surface area (Å²) in [6.45, 7) is 0. The van der Waals surface area contributed by atoms with Crippen LogP contribution in [0.1, 0.15) is 10.4 Å². The van der Waals surface area contributed by atoms with Gasteiger partial charge in [0.25, 0.3) is 5.91 Å². The lowest BCUT2D eigenvalue weighted by Gasteiger charge is -2.11. The molecule has 0 aliphatic heterocycles. The number of rotatable bonds is 6. The van der Waals surface area contributed by atoms with Gasteiger partial charge >= 0.3 is 0 Å². The lowest BCUT2D eigenvalue weighted by molar-refractivity contribution is 0.0827. The van der Waals surface area contributed by atoms with Crippen molar-refractivity contribution in [1.29, 1.82) is 0 Å². The lowest BCUT2D eigenvalue weighted by atomic mass is 10.0. The Balaban J connectivity index is 0.000000159. The minimum atomic E-state index is -3.23. The number of hydrogen-bond acceptors (Lipinski definition) is 5. The van der Waals surface area contributed by atoms with E-state index in [0.29, 0.717) is 10.5 Å². The van der Waals surface area contributed by atoms with Crippen molar-refractivity contribution in [2.45, 2.75) is 4.90 Å². The van der Waals surface area contributed by atoms with Crippen LogP contribution in [0.5, 0.6) is 0 Å². The first-order valence-corrected chi connectivity index (χ1v) is 18.2. The van der Waals surface area contributed by atoms with Crippen LogP contribution in [0, 0.1) is 0 Å². The number of fused-ring (bicyclic) bond motifs is 2. The first-order valence-electron chi connectivity index (χ1n) is 16.3. The molecule has 0 aliphatic carbocycles. The number of nitrogens with zero attached hydrogens (tertiary/aromatic N) is 5. The van der Waals surface area contributed by atoms with Crippen molar-refractivity contribution in [1.82, 2.24) is 24.0 Å². The Labute approximate surface area is 296 Å². The van der Waals surface area contributed by atoms with Crippen LogP contribution in [-0.2, 0) is 9.84 Å². The Kier molecular flexibility index (Phi) is 9.04. The highest BCUT2D eigenvalue weighted by atomic mass is 32.2. The number of carbonyl (C=O) groups excluding carboxylic acids is 1. The number of benzene rings is 6. The highest BCUT2D eigenvalue weighted by Gasteiger charge is 2.12. The van der Waals surface area contributed by atoms with Crippen LogP contribution >= 0.6 is 0 Å². The maximum atomic E-state index is 12.2. The van der Waals surface area contributed by atoms with Crippen molar-refractivity contribution in [3.63, 3.8) is 0 Å². The molecule has 0 atom stereocenters. The Morgan fingerprint density at radius 3 is 1.51 bits per heavy atom. The standard InChI is InChI=1S/C22H19N3O.C20H16N2O2S/c1-24(2)22(26)18-8-6-7-16(13-18)17-11-12-21-20(14-17)23-15-25(21)19-9-4-3-5-10-19;1-25(23,24)18-9-5-6-15(12-18)16-10-11-20-19(13-16)21-14-22(20)17-7-3-2-4-8-17/h3-15H,1-2H3;2-14H,1H3. The van der Waals surface area contributed by atoms with Gasteiger partial charge < -0.3 is 4.90 Å². The average molecular weight is 690 g/mol. The first-order chi connectivity index (χ1) is 24.7. The van der Waals surface area contributed by atoms with Gasteiger partial charge in [-0.1, -0.05) is 72.8 Å². The van der Waals surface area contributed by atoms with Crippen LogP contribution in [0.25, 0.3) is 55.7 Å². The van der Waals surface area contributed by atoms with Gasteiger partial charge in [-0.05, 0) is 95.1 Å². The smallest absolute Gasteiger partial charge is 0.253 e. The van der Waals surface area contributed by atoms with Crippen LogP contribution in [0.4, 0.5) is 0 Å². The van der Waals surface area contributed by atoms with Gasteiger partial charge in [-0.3, -0.25) is 13.9 Å². The van der Waals surface area contributed by atoms with Gasteiger partial charge in [-0.2, -0.15) is 0 Å². The number of amides is 1. The molecule has 2 heterocycles. The van der Waals surface area contributed by atoms with E-state index in [-0.39, 0.29) is 5.91 Å². The highest BCUT2D eigenvalue weighted by Crippen LogP contribution is 2.28. The third kappa shape index (κ3) is 7.06. The van der Waals surface area contributed by atoms with E-state index >= 15 is 0 Å². The van der Waals surface area contributed by atoms with E-state index in [1.54, 1.807) is 43.5 Å². The summed E-state index contributed by atoms with van der Waals surface area (Å²) in [6.07, 6.45) is 4.86. The van der Waals surface area contributed by atoms with Crippen LogP contribution in [0.15, 0.2) is 163 Å². The Hall–Kier alpha value is -6.32. The first kappa shape index (κ1) is 33.2. The van der Waals surface area contributed by atoms with E-state index in [4.69, 9.17) is 0 Å². The molecule has 8 nitrogen and oxygen atoms in total. The van der Waals surface area contributed by atoms with Crippen molar-refractivity contribution in [3.8, 4) is 33.6 Å². The molecule has 252 valence electrons. The molecule has 51 heavy (non-hydrogen) atoms. The molecule has 0 bridgehead atoms. The minimum absolute atomic E-state index is 0.00119. The molecule has 9 heteroatoms. The van der Waals surface area contributed by atoms with Crippen LogP contribution in [-0.4, -0.2) is 58.7 Å². The van der Waals surface area contributed by atoms with Gasteiger partial charge in [-0.15, -0.1) is 0 Å². The quantitative estimate of drug-likeness (QED) is 0.175. The molecule has 0 saturated carbocycles. The lowest BCUT2D eigenvalue weighted by Crippen LogP contribution is -2.21. The third-order valence-electron chi connectivity index (χ3n) is 8.61. The van der Waals surface area contributed by atoms with E-state index in [1.807, 2.05) is 108 Å². The largest absolute Gasteiger partial charge is 0.345 e. The normalized spacial score (nSPS) is 11.3. The molecule has 0 radical (unpaired) electrons. The molecule has 6 aromatic carbocycles. The zero-order valence-corrected chi connectivity index (χ0v) is 29.2. The molecule has 0 unspecified atom stereocenters. The second-order valence-corrected chi connectivity index (χ2v) is 14.4. The van der Waals surface area contributed by atoms with Crippen molar-refractivity contribution in [2.75, 3.05) is 20.4 Å². The molecule has 0 aliphatic rings. The fraction of sp³-hybridized carbons (Fsp3) is 0.0714. The Morgan fingerprint density at radius 2 is 1.02 bits per heavy atom. The zero-order chi connectivity index (χ0) is 35.5. The van der Waals surface area contributed by atoms with Crippen LogP contribution < -0.4 is 0 Å². The van der Waals surface area contributed by atoms with E-state index in [2.05, 4.69) is 44.9 Å². The van der Waals surface area contributed by atoms with E-state index in [1.165, 1.54) is 6.26 Å². The number of carbonyl (C=O) groups is 1. The summed E-state index contributed by atoms with van der Waals surface area (Å²) in [5, 5.41) is 0. The number of sulfone groups is 1. The van der Waals surface area contributed by atoms with Crippen LogP contribution in [0.2, 0.25) is 0 Å². The van der Waals surface area contributed by atoms with Crippen molar-refractivity contribution in [3.05, 3.63) is 164 Å². The Morgan fingerprint density at radius 1 is 0.549 bits per heavy atom. The maximum Gasteiger partial charge on any atom is 0.253 e. The van der Waals surface area contributed by atoms with Gasteiger partial charge in [0.05, 0.1) is 27.0 Å². The highest BCUT2D eigenvalue weighted by molar-refractivity contribution is 7.90. The molecule has 2 aromatic heterocycles. The monoisotopic (exact) mass is 689 g/mol. The predicted octanol–water partition coefficient (Wildman–Crippen LogP) is 8.49. The molecule has 0 saturated heterocycles. The molecule has 0 spiro atoms. The number of imidazole rings is 2. The topological polar surface area (TPSA) is 90.1 Å². The van der Waals surface area contributed by atoms with Crippen LogP contribution in [0.3, 0.4) is 0 Å². The Bertz CT molecular complexity index is 2610. The summed E-state index contributed by atoms with van der Waals surface area (Å²) < 4.78 is 27.7. The maximum absolute atomic E-state index is 12.2. The average Bonchev–Trinajstić information content (AvgIpc) is 3.79. The molecular weight excluding hydrogens is 655 g/mol. The summed E-state index contributed by atoms with van der Waals surface area (Å²) in [7, 11) is 0.295. The molecule has 8 aromatic rings. The summed E-state index contributed by atoms with van der Waals surface area (Å²) >= 11 is 0. The SMILES string of the molecule is CN(C)C(=O)c1cccc(-c2ccc3c(c2)ncn3-c2ccccc2)c1.CS(=O)(=O)c1cccc(-c2ccc3c(c2)ncn3-c2ccccc2)c1. The molecule has 1 amide bonds. The van der Waals surface area contributed by atoms with Crippen molar-refractivity contribution < 1.29 is 13.2 Å². The van der Waals surface area contributed by atoms with Gasteiger partial charge in [0, 0.05) is 37.3 Å². The molecule has 0 N–H and O–H groups in total. The third-order valence-corrected chi connectivity index (χ3v) is 9.72. The molecule has 0 fully saturated rings. The summed E-state index contributed by atoms with van der Waals surface area (Å²) in [4.78, 5) is 23.2. The number of hydrogen-bond donors (Lipinski definition) is 0.